The van der Waals surface area contributed by atoms with E-state index in [1.807, 2.05) is 18.4 Å². The van der Waals surface area contributed by atoms with E-state index in [9.17, 15) is 9.90 Å². The molecule has 106 valence electrons. The van der Waals surface area contributed by atoms with Crippen LogP contribution in [-0.2, 0) is 4.79 Å². The Bertz CT molecular complexity index is 642. The van der Waals surface area contributed by atoms with Crippen molar-refractivity contribution in [2.45, 2.75) is 26.2 Å². The van der Waals surface area contributed by atoms with Crippen LogP contribution in [0.2, 0.25) is 0 Å². The van der Waals surface area contributed by atoms with Crippen LogP contribution in [0.15, 0.2) is 17.8 Å². The van der Waals surface area contributed by atoms with Gasteiger partial charge in [0, 0.05) is 13.1 Å². The Balaban J connectivity index is 1.93. The molecule has 0 aromatic carbocycles. The molecule has 2 aromatic rings. The molecule has 0 bridgehead atoms. The molecule has 1 N–H and O–H groups in total. The summed E-state index contributed by atoms with van der Waals surface area (Å²) in [6.07, 6.45) is 3.86. The van der Waals surface area contributed by atoms with E-state index in [4.69, 9.17) is 0 Å². The topological polar surface area (TPSA) is 66.3 Å². The van der Waals surface area contributed by atoms with E-state index in [0.717, 1.165) is 35.4 Å². The van der Waals surface area contributed by atoms with Crippen LogP contribution in [0.3, 0.4) is 0 Å². The lowest BCUT2D eigenvalue weighted by Crippen LogP contribution is -2.34. The molecule has 20 heavy (non-hydrogen) atoms. The van der Waals surface area contributed by atoms with Crippen molar-refractivity contribution in [3.63, 3.8) is 0 Å². The fourth-order valence-corrected chi connectivity index (χ4v) is 3.88. The van der Waals surface area contributed by atoms with Gasteiger partial charge in [-0.05, 0) is 24.3 Å². The number of nitrogens with zero attached hydrogens (tertiary/aromatic N) is 3. The smallest absolute Gasteiger partial charge is 0.311 e. The summed E-state index contributed by atoms with van der Waals surface area (Å²) < 4.78 is 1.05. The molecule has 1 aliphatic rings. The van der Waals surface area contributed by atoms with Crippen LogP contribution in [0, 0.1) is 5.41 Å². The van der Waals surface area contributed by atoms with Crippen molar-refractivity contribution in [2.75, 3.05) is 18.0 Å². The molecule has 1 atom stereocenters. The largest absolute Gasteiger partial charge is 0.481 e. The van der Waals surface area contributed by atoms with Crippen molar-refractivity contribution >= 4 is 33.3 Å². The molecule has 5 nitrogen and oxygen atoms in total. The number of hydrogen-bond acceptors (Lipinski definition) is 5. The van der Waals surface area contributed by atoms with Gasteiger partial charge in [0.15, 0.2) is 0 Å². The van der Waals surface area contributed by atoms with E-state index in [-0.39, 0.29) is 0 Å². The molecule has 1 unspecified atom stereocenters. The van der Waals surface area contributed by atoms with Crippen LogP contribution in [0.1, 0.15) is 26.2 Å². The molecule has 6 heteroatoms. The summed E-state index contributed by atoms with van der Waals surface area (Å²) >= 11 is 1.61. The van der Waals surface area contributed by atoms with Gasteiger partial charge in [-0.3, -0.25) is 4.79 Å². The van der Waals surface area contributed by atoms with Gasteiger partial charge in [-0.1, -0.05) is 13.3 Å². The summed E-state index contributed by atoms with van der Waals surface area (Å²) in [7, 11) is 0. The molecule has 1 aliphatic heterocycles. The number of carbonyl (C=O) groups is 1. The Hall–Kier alpha value is -1.69. The molecule has 0 radical (unpaired) electrons. The monoisotopic (exact) mass is 291 g/mol. The van der Waals surface area contributed by atoms with Gasteiger partial charge in [-0.25, -0.2) is 9.97 Å². The maximum absolute atomic E-state index is 11.6. The number of carboxylic acid groups (broad SMARTS) is 1. The van der Waals surface area contributed by atoms with Crippen molar-refractivity contribution in [1.82, 2.24) is 9.97 Å². The van der Waals surface area contributed by atoms with E-state index in [1.165, 1.54) is 0 Å². The lowest BCUT2D eigenvalue weighted by atomic mass is 9.83. The number of hydrogen-bond donors (Lipinski definition) is 1. The minimum atomic E-state index is -0.682. The summed E-state index contributed by atoms with van der Waals surface area (Å²) in [6.45, 7) is 3.33. The van der Waals surface area contributed by atoms with Gasteiger partial charge in [-0.15, -0.1) is 11.3 Å². The van der Waals surface area contributed by atoms with E-state index in [2.05, 4.69) is 14.9 Å². The van der Waals surface area contributed by atoms with Crippen molar-refractivity contribution in [3.8, 4) is 0 Å². The van der Waals surface area contributed by atoms with Gasteiger partial charge in [-0.2, -0.15) is 0 Å². The fourth-order valence-electron chi connectivity index (χ4n) is 3.02. The first-order valence-corrected chi connectivity index (χ1v) is 7.71. The second-order valence-corrected chi connectivity index (χ2v) is 6.26. The molecule has 2 aromatic heterocycles. The van der Waals surface area contributed by atoms with Crippen LogP contribution >= 0.6 is 11.3 Å². The van der Waals surface area contributed by atoms with E-state index in [0.29, 0.717) is 13.0 Å². The second-order valence-electron chi connectivity index (χ2n) is 5.34. The number of thiophene rings is 1. The van der Waals surface area contributed by atoms with Gasteiger partial charge >= 0.3 is 5.97 Å². The summed E-state index contributed by atoms with van der Waals surface area (Å²) in [5.41, 5.74) is 0.312. The summed E-state index contributed by atoms with van der Waals surface area (Å²) in [4.78, 5) is 22.4. The van der Waals surface area contributed by atoms with E-state index < -0.39 is 11.4 Å². The Morgan fingerprint density at radius 2 is 2.40 bits per heavy atom. The van der Waals surface area contributed by atoms with Gasteiger partial charge in [0.25, 0.3) is 0 Å². The Kier molecular flexibility index (Phi) is 3.33. The summed E-state index contributed by atoms with van der Waals surface area (Å²) in [6, 6.07) is 1.97. The zero-order chi connectivity index (χ0) is 14.2. The highest BCUT2D eigenvalue weighted by atomic mass is 32.1. The van der Waals surface area contributed by atoms with Crippen LogP contribution in [0.25, 0.3) is 10.2 Å². The molecular weight excluding hydrogens is 274 g/mol. The third-order valence-electron chi connectivity index (χ3n) is 4.06. The van der Waals surface area contributed by atoms with Gasteiger partial charge < -0.3 is 10.0 Å². The van der Waals surface area contributed by atoms with Crippen LogP contribution in [-0.4, -0.2) is 34.1 Å². The molecule has 0 amide bonds. The van der Waals surface area contributed by atoms with E-state index in [1.54, 1.807) is 17.7 Å². The van der Waals surface area contributed by atoms with Gasteiger partial charge in [0.05, 0.1) is 15.6 Å². The Morgan fingerprint density at radius 1 is 1.55 bits per heavy atom. The second kappa shape index (κ2) is 5.01. The molecule has 1 fully saturated rings. The first kappa shape index (κ1) is 13.3. The molecule has 0 aliphatic carbocycles. The average molecular weight is 291 g/mol. The highest BCUT2D eigenvalue weighted by Crippen LogP contribution is 2.39. The van der Waals surface area contributed by atoms with Crippen molar-refractivity contribution in [1.29, 1.82) is 0 Å². The Labute approximate surface area is 121 Å². The average Bonchev–Trinajstić information content (AvgIpc) is 3.05. The predicted octanol–water partition coefficient (Wildman–Crippen LogP) is 2.77. The molecule has 3 heterocycles. The third kappa shape index (κ3) is 2.04. The lowest BCUT2D eigenvalue weighted by molar-refractivity contribution is -0.148. The van der Waals surface area contributed by atoms with Crippen LogP contribution in [0.5, 0.6) is 0 Å². The van der Waals surface area contributed by atoms with Gasteiger partial charge in [0.1, 0.15) is 12.1 Å². The molecule has 0 saturated carbocycles. The number of fused-ring (bicyclic) bond motifs is 1. The lowest BCUT2D eigenvalue weighted by Gasteiger charge is -2.24. The summed E-state index contributed by atoms with van der Waals surface area (Å²) in [5, 5.41) is 11.6. The minimum absolute atomic E-state index is 0.542. The van der Waals surface area contributed by atoms with Crippen LogP contribution < -0.4 is 4.90 Å². The fraction of sp³-hybridized carbons (Fsp3) is 0.500. The maximum Gasteiger partial charge on any atom is 0.311 e. The molecule has 3 rings (SSSR count). The number of anilines is 1. The third-order valence-corrected chi connectivity index (χ3v) is 4.96. The predicted molar refractivity (Wildman–Crippen MR) is 79.2 cm³/mol. The van der Waals surface area contributed by atoms with Crippen molar-refractivity contribution in [2.24, 2.45) is 5.41 Å². The van der Waals surface area contributed by atoms with Crippen molar-refractivity contribution in [3.05, 3.63) is 17.8 Å². The zero-order valence-corrected chi connectivity index (χ0v) is 12.2. The molecule has 1 saturated heterocycles. The maximum atomic E-state index is 11.6. The molecular formula is C14H17N3O2S. The number of rotatable bonds is 4. The SMILES string of the molecule is CCCC1(C(=O)O)CCN(c2ncnc3ccsc23)C1. The highest BCUT2D eigenvalue weighted by molar-refractivity contribution is 7.17. The highest BCUT2D eigenvalue weighted by Gasteiger charge is 2.44. The summed E-state index contributed by atoms with van der Waals surface area (Å²) in [5.74, 6) is 0.197. The molecule has 0 spiro atoms. The quantitative estimate of drug-likeness (QED) is 0.938. The first-order chi connectivity index (χ1) is 9.66. The standard InChI is InChI=1S/C14H17N3O2S/c1-2-4-14(13(18)19)5-6-17(8-14)12-11-10(3-7-20-11)15-9-16-12/h3,7,9H,2,4-6,8H2,1H3,(H,18,19). The van der Waals surface area contributed by atoms with E-state index >= 15 is 0 Å². The minimum Gasteiger partial charge on any atom is -0.481 e. The number of aromatic nitrogens is 2. The number of aliphatic carboxylic acids is 1. The number of carboxylic acids is 1. The van der Waals surface area contributed by atoms with Crippen LogP contribution in [0.4, 0.5) is 5.82 Å². The Morgan fingerprint density at radius 3 is 3.15 bits per heavy atom. The first-order valence-electron chi connectivity index (χ1n) is 6.83. The normalized spacial score (nSPS) is 22.6. The van der Waals surface area contributed by atoms with Crippen molar-refractivity contribution < 1.29 is 9.90 Å². The van der Waals surface area contributed by atoms with Gasteiger partial charge in [0.2, 0.25) is 0 Å². The zero-order valence-electron chi connectivity index (χ0n) is 11.4.